The van der Waals surface area contributed by atoms with Crippen LogP contribution in [-0.2, 0) is 9.53 Å². The fourth-order valence-corrected chi connectivity index (χ4v) is 4.01. The Morgan fingerprint density at radius 2 is 1.97 bits per heavy atom. The smallest absolute Gasteiger partial charge is 0.417 e. The van der Waals surface area contributed by atoms with E-state index in [0.29, 0.717) is 0 Å². The van der Waals surface area contributed by atoms with Gasteiger partial charge >= 0.3 is 6.18 Å². The molecule has 12 heteroatoms. The van der Waals surface area contributed by atoms with Gasteiger partial charge in [-0.2, -0.15) is 17.6 Å². The molecule has 0 saturated carbocycles. The number of ether oxygens (including phenoxy) is 2. The number of pyridine rings is 1. The zero-order valence-electron chi connectivity index (χ0n) is 18.3. The maximum absolute atomic E-state index is 14.4. The van der Waals surface area contributed by atoms with Crippen LogP contribution < -0.4 is 10.1 Å². The molecule has 1 aliphatic heterocycles. The molecule has 0 aliphatic carbocycles. The second-order valence-corrected chi connectivity index (χ2v) is 8.05. The number of rotatable bonds is 6. The number of aromatic nitrogens is 1. The Hall–Kier alpha value is -2.86. The summed E-state index contributed by atoms with van der Waals surface area (Å²) in [5.41, 5.74) is -3.05. The Morgan fingerprint density at radius 3 is 2.50 bits per heavy atom. The number of nitrogens with zero attached hydrogens (tertiary/aromatic N) is 1. The average Bonchev–Trinajstić information content (AvgIpc) is 3.07. The highest BCUT2D eigenvalue weighted by atomic mass is 19.4. The Morgan fingerprint density at radius 1 is 1.29 bits per heavy atom. The first-order valence-electron chi connectivity index (χ1n) is 10.1. The molecule has 1 saturated heterocycles. The van der Waals surface area contributed by atoms with E-state index in [1.165, 1.54) is 19.1 Å². The maximum Gasteiger partial charge on any atom is 0.417 e. The summed E-state index contributed by atoms with van der Waals surface area (Å²) in [6, 6.07) is 4.22. The van der Waals surface area contributed by atoms with Crippen LogP contribution in [0.1, 0.15) is 37.2 Å². The Balaban J connectivity index is 2.01. The van der Waals surface area contributed by atoms with Crippen molar-refractivity contribution in [3.63, 3.8) is 0 Å². The number of amides is 1. The molecule has 2 heterocycles. The van der Waals surface area contributed by atoms with Gasteiger partial charge in [-0.05, 0) is 25.1 Å². The monoisotopic (exact) mass is 492 g/mol. The van der Waals surface area contributed by atoms with Gasteiger partial charge in [0.05, 0.1) is 31.3 Å². The number of halogens is 6. The van der Waals surface area contributed by atoms with Crippen LogP contribution in [0.3, 0.4) is 0 Å². The molecule has 0 spiro atoms. The Kier molecular flexibility index (Phi) is 7.13. The quantitative estimate of drug-likeness (QED) is 0.583. The van der Waals surface area contributed by atoms with E-state index in [0.717, 1.165) is 32.4 Å². The van der Waals surface area contributed by atoms with Crippen molar-refractivity contribution in [2.75, 3.05) is 19.0 Å². The molecular weight excluding hydrogens is 470 g/mol. The molecule has 1 aromatic heterocycles. The minimum Gasteiger partial charge on any atom is -0.493 e. The third-order valence-electron chi connectivity index (χ3n) is 6.11. The Labute approximate surface area is 190 Å². The van der Waals surface area contributed by atoms with E-state index in [1.54, 1.807) is 0 Å². The first-order chi connectivity index (χ1) is 15.9. The lowest BCUT2D eigenvalue weighted by molar-refractivity contribution is -0.272. The van der Waals surface area contributed by atoms with Crippen molar-refractivity contribution in [3.8, 4) is 5.75 Å². The molecule has 3 rings (SSSR count). The highest BCUT2D eigenvalue weighted by Crippen LogP contribution is 2.55. The number of hydrogen-bond donors (Lipinski definition) is 2. The summed E-state index contributed by atoms with van der Waals surface area (Å²) in [5, 5.41) is 11.2. The van der Waals surface area contributed by atoms with Crippen molar-refractivity contribution in [2.24, 2.45) is 5.92 Å². The summed E-state index contributed by atoms with van der Waals surface area (Å²) in [5.74, 6) is -7.09. The van der Waals surface area contributed by atoms with Crippen molar-refractivity contribution < 1.29 is 45.7 Å². The van der Waals surface area contributed by atoms with Gasteiger partial charge in [-0.3, -0.25) is 9.78 Å². The van der Waals surface area contributed by atoms with Crippen molar-refractivity contribution >= 4 is 11.6 Å². The summed E-state index contributed by atoms with van der Waals surface area (Å²) in [6.45, 7) is 1.16. The van der Waals surface area contributed by atoms with Gasteiger partial charge in [0.2, 0.25) is 5.82 Å². The third kappa shape index (κ3) is 4.43. The van der Waals surface area contributed by atoms with Gasteiger partial charge in [-0.25, -0.2) is 8.78 Å². The number of carbonyl (C=O) groups excluding carboxylic acids is 1. The molecule has 5 atom stereocenters. The first-order valence-corrected chi connectivity index (χ1v) is 10.1. The van der Waals surface area contributed by atoms with E-state index in [9.17, 15) is 31.1 Å². The average molecular weight is 492 g/mol. The second kappa shape index (κ2) is 9.41. The SMILES string of the molecule is COc1c([C@H]2[C@H](C(=O)Nc3ccc([C@@H](F)CO)nc3)O[C@@](C)(C(F)(F)F)[C@H]2C)ccc(F)c1F. The fraction of sp³-hybridized carbons (Fsp3) is 0.455. The summed E-state index contributed by atoms with van der Waals surface area (Å²) in [7, 11) is 1.03. The maximum atomic E-state index is 14.4. The topological polar surface area (TPSA) is 80.7 Å². The largest absolute Gasteiger partial charge is 0.493 e. The number of hydrogen-bond acceptors (Lipinski definition) is 5. The van der Waals surface area contributed by atoms with Gasteiger partial charge in [-0.1, -0.05) is 13.0 Å². The molecule has 1 amide bonds. The normalized spacial score (nSPS) is 25.8. The van der Waals surface area contributed by atoms with Crippen LogP contribution in [0.5, 0.6) is 5.75 Å². The molecule has 2 aromatic rings. The van der Waals surface area contributed by atoms with Crippen molar-refractivity contribution in [1.82, 2.24) is 4.98 Å². The van der Waals surface area contributed by atoms with Crippen LogP contribution in [0, 0.1) is 17.6 Å². The molecular formula is C22H22F6N2O4. The molecule has 1 aliphatic rings. The number of anilines is 1. The summed E-state index contributed by atoms with van der Waals surface area (Å²) in [6.07, 6.45) is -7.35. The lowest BCUT2D eigenvalue weighted by atomic mass is 9.77. The van der Waals surface area contributed by atoms with Crippen LogP contribution in [0.15, 0.2) is 30.5 Å². The molecule has 0 radical (unpaired) electrons. The highest BCUT2D eigenvalue weighted by Gasteiger charge is 2.65. The lowest BCUT2D eigenvalue weighted by Crippen LogP contribution is -2.47. The first kappa shape index (κ1) is 25.8. The number of aliphatic hydroxyl groups is 1. The number of benzene rings is 1. The summed E-state index contributed by atoms with van der Waals surface area (Å²) in [4.78, 5) is 16.8. The molecule has 1 aromatic carbocycles. The highest BCUT2D eigenvalue weighted by molar-refractivity contribution is 5.95. The number of carbonyl (C=O) groups is 1. The zero-order valence-corrected chi connectivity index (χ0v) is 18.3. The number of nitrogens with one attached hydrogen (secondary N) is 1. The molecule has 34 heavy (non-hydrogen) atoms. The molecule has 186 valence electrons. The van der Waals surface area contributed by atoms with E-state index >= 15 is 0 Å². The van der Waals surface area contributed by atoms with Crippen LogP contribution in [0.25, 0.3) is 0 Å². The van der Waals surface area contributed by atoms with E-state index < -0.39 is 65.8 Å². The molecule has 1 fully saturated rings. The van der Waals surface area contributed by atoms with E-state index in [2.05, 4.69) is 10.3 Å². The fourth-order valence-electron chi connectivity index (χ4n) is 4.01. The summed E-state index contributed by atoms with van der Waals surface area (Å²) >= 11 is 0. The van der Waals surface area contributed by atoms with E-state index in [-0.39, 0.29) is 16.9 Å². The van der Waals surface area contributed by atoms with E-state index in [4.69, 9.17) is 14.6 Å². The number of aliphatic hydroxyl groups excluding tert-OH is 1. The second-order valence-electron chi connectivity index (χ2n) is 8.05. The van der Waals surface area contributed by atoms with Crippen molar-refractivity contribution in [3.05, 3.63) is 53.4 Å². The third-order valence-corrected chi connectivity index (χ3v) is 6.11. The standard InChI is InChI=1S/C22H22F6N2O4/c1-10-16(12-5-6-13(23)17(25)18(12)33-3)19(34-21(10,2)22(26,27)28)20(32)30-11-4-7-15(29-8-11)14(24)9-31/h4-8,10,14,16,19,31H,9H2,1-3H3,(H,30,32)/t10-,14-,16-,19+,21+/m0/s1. The van der Waals surface area contributed by atoms with Gasteiger partial charge in [0.1, 0.15) is 6.10 Å². The molecule has 0 bridgehead atoms. The molecule has 2 N–H and O–H groups in total. The van der Waals surface area contributed by atoms with Crippen LogP contribution in [0.4, 0.5) is 32.0 Å². The molecule has 6 nitrogen and oxygen atoms in total. The van der Waals surface area contributed by atoms with Crippen molar-refractivity contribution in [2.45, 2.75) is 43.8 Å². The number of alkyl halides is 4. The van der Waals surface area contributed by atoms with Gasteiger partial charge in [0.25, 0.3) is 5.91 Å². The van der Waals surface area contributed by atoms with Gasteiger partial charge < -0.3 is 19.9 Å². The van der Waals surface area contributed by atoms with Gasteiger partial charge in [-0.15, -0.1) is 0 Å². The van der Waals surface area contributed by atoms with Crippen molar-refractivity contribution in [1.29, 1.82) is 0 Å². The van der Waals surface area contributed by atoms with Gasteiger partial charge in [0, 0.05) is 17.4 Å². The van der Waals surface area contributed by atoms with Crippen LogP contribution in [0.2, 0.25) is 0 Å². The lowest BCUT2D eigenvalue weighted by Gasteiger charge is -2.32. The zero-order chi connectivity index (χ0) is 25.4. The predicted octanol–water partition coefficient (Wildman–Crippen LogP) is 4.45. The molecule has 0 unspecified atom stereocenters. The van der Waals surface area contributed by atoms with E-state index in [1.807, 2.05) is 0 Å². The van der Waals surface area contributed by atoms with Gasteiger partial charge in [0.15, 0.2) is 23.3 Å². The minimum absolute atomic E-state index is 0.0201. The Bertz CT molecular complexity index is 1050. The predicted molar refractivity (Wildman–Crippen MR) is 108 cm³/mol. The number of methoxy groups -OCH3 is 1. The van der Waals surface area contributed by atoms with Crippen LogP contribution in [-0.4, -0.2) is 47.6 Å². The summed E-state index contributed by atoms with van der Waals surface area (Å²) < 4.78 is 93.6. The van der Waals surface area contributed by atoms with Crippen LogP contribution >= 0.6 is 0 Å². The minimum atomic E-state index is -4.89.